The summed E-state index contributed by atoms with van der Waals surface area (Å²) in [5.74, 6) is 0.0517. The first kappa shape index (κ1) is 29.8. The van der Waals surface area contributed by atoms with Crippen LogP contribution in [0.15, 0.2) is 65.7 Å². The molecule has 1 aliphatic heterocycles. The van der Waals surface area contributed by atoms with Gasteiger partial charge in [0.1, 0.15) is 17.2 Å². The Morgan fingerprint density at radius 2 is 1.80 bits per heavy atom. The zero-order chi connectivity index (χ0) is 29.8. The van der Waals surface area contributed by atoms with Gasteiger partial charge in [-0.1, -0.05) is 42.5 Å². The van der Waals surface area contributed by atoms with Crippen molar-refractivity contribution in [1.29, 1.82) is 0 Å². The molecular weight excluding hydrogens is 559 g/mol. The van der Waals surface area contributed by atoms with Crippen LogP contribution in [0.2, 0.25) is 0 Å². The van der Waals surface area contributed by atoms with Gasteiger partial charge in [0, 0.05) is 25.2 Å². The summed E-state index contributed by atoms with van der Waals surface area (Å²) in [6.45, 7) is 6.09. The molecule has 1 aromatic carbocycles. The Kier molecular flexibility index (Phi) is 8.57. The Hall–Kier alpha value is -4.13. The van der Waals surface area contributed by atoms with Crippen molar-refractivity contribution in [1.82, 2.24) is 15.3 Å². The maximum absolute atomic E-state index is 13.9. The van der Waals surface area contributed by atoms with Crippen LogP contribution in [0.25, 0.3) is 17.3 Å². The first-order valence-corrected chi connectivity index (χ1v) is 14.3. The first-order valence-electron chi connectivity index (χ1n) is 12.8. The minimum absolute atomic E-state index is 0.189. The summed E-state index contributed by atoms with van der Waals surface area (Å²) in [4.78, 5) is 22.3. The monoisotopic (exact) mass is 589 g/mol. The summed E-state index contributed by atoms with van der Waals surface area (Å²) < 4.78 is 75.8. The lowest BCUT2D eigenvalue weighted by molar-refractivity contribution is -0.137. The SMILES string of the molecule is CC(C)(C)OC(=O)NCCN1CC/C=C/c2ccccc2-c2nc(ccc2C(F)(F)F)NS(=O)(=O)c2cccc1n2. The summed E-state index contributed by atoms with van der Waals surface area (Å²) >= 11 is 0. The van der Waals surface area contributed by atoms with Gasteiger partial charge < -0.3 is 15.0 Å². The average molecular weight is 590 g/mol. The zero-order valence-electron chi connectivity index (χ0n) is 22.7. The molecule has 2 aromatic heterocycles. The van der Waals surface area contributed by atoms with Crippen molar-refractivity contribution in [2.75, 3.05) is 29.3 Å². The van der Waals surface area contributed by atoms with E-state index in [2.05, 4.69) is 20.0 Å². The fourth-order valence-corrected chi connectivity index (χ4v) is 5.08. The van der Waals surface area contributed by atoms with Crippen LogP contribution in [0, 0.1) is 0 Å². The zero-order valence-corrected chi connectivity index (χ0v) is 23.5. The van der Waals surface area contributed by atoms with Crippen molar-refractivity contribution < 1.29 is 31.1 Å². The Labute approximate surface area is 236 Å². The van der Waals surface area contributed by atoms with Gasteiger partial charge in [-0.3, -0.25) is 4.72 Å². The molecule has 4 bridgehead atoms. The van der Waals surface area contributed by atoms with E-state index in [4.69, 9.17) is 4.74 Å². The molecule has 3 heterocycles. The van der Waals surface area contributed by atoms with Gasteiger partial charge in [-0.15, -0.1) is 0 Å². The molecule has 218 valence electrons. The number of anilines is 2. The third kappa shape index (κ3) is 7.75. The molecular formula is C28H30F3N5O4S. The van der Waals surface area contributed by atoms with E-state index < -0.39 is 39.2 Å². The van der Waals surface area contributed by atoms with Crippen LogP contribution in [-0.4, -0.2) is 49.7 Å². The molecule has 0 saturated heterocycles. The van der Waals surface area contributed by atoms with Gasteiger partial charge in [0.05, 0.1) is 11.3 Å². The van der Waals surface area contributed by atoms with E-state index in [-0.39, 0.29) is 29.5 Å². The number of fused-ring (bicyclic) bond motifs is 6. The molecule has 9 nitrogen and oxygen atoms in total. The molecule has 0 radical (unpaired) electrons. The molecule has 13 heteroatoms. The number of alkyl carbamates (subject to hydrolysis) is 1. The molecule has 0 atom stereocenters. The highest BCUT2D eigenvalue weighted by atomic mass is 32.2. The number of ether oxygens (including phenoxy) is 1. The van der Waals surface area contributed by atoms with Crippen LogP contribution in [-0.2, 0) is 20.9 Å². The third-order valence-electron chi connectivity index (χ3n) is 5.88. The van der Waals surface area contributed by atoms with Crippen molar-refractivity contribution in [3.05, 3.63) is 71.8 Å². The highest BCUT2D eigenvalue weighted by molar-refractivity contribution is 7.92. The maximum atomic E-state index is 13.9. The number of hydrogen-bond donors (Lipinski definition) is 2. The highest BCUT2D eigenvalue weighted by Crippen LogP contribution is 2.38. The maximum Gasteiger partial charge on any atom is 0.418 e. The lowest BCUT2D eigenvalue weighted by atomic mass is 9.99. The summed E-state index contributed by atoms with van der Waals surface area (Å²) in [7, 11) is -4.32. The van der Waals surface area contributed by atoms with Crippen molar-refractivity contribution in [3.63, 3.8) is 0 Å². The predicted octanol–water partition coefficient (Wildman–Crippen LogP) is 5.71. The van der Waals surface area contributed by atoms with Gasteiger partial charge in [-0.05, 0) is 57.0 Å². The van der Waals surface area contributed by atoms with E-state index in [0.29, 0.717) is 24.3 Å². The fraction of sp³-hybridized carbons (Fsp3) is 0.321. The van der Waals surface area contributed by atoms with E-state index in [9.17, 15) is 26.4 Å². The van der Waals surface area contributed by atoms with Crippen LogP contribution in [0.5, 0.6) is 0 Å². The van der Waals surface area contributed by atoms with Crippen molar-refractivity contribution >= 4 is 33.8 Å². The summed E-state index contributed by atoms with van der Waals surface area (Å²) in [6, 6.07) is 12.7. The molecule has 3 aromatic rings. The molecule has 2 N–H and O–H groups in total. The molecule has 0 spiro atoms. The third-order valence-corrected chi connectivity index (χ3v) is 7.13. The molecule has 0 unspecified atom stereocenters. The smallest absolute Gasteiger partial charge is 0.418 e. The topological polar surface area (TPSA) is 114 Å². The average Bonchev–Trinajstić information content (AvgIpc) is 2.88. The van der Waals surface area contributed by atoms with Gasteiger partial charge in [0.25, 0.3) is 10.0 Å². The number of benzene rings is 1. The molecule has 4 rings (SSSR count). The van der Waals surface area contributed by atoms with Gasteiger partial charge in [0.2, 0.25) is 0 Å². The number of nitrogens with zero attached hydrogens (tertiary/aromatic N) is 3. The van der Waals surface area contributed by atoms with Gasteiger partial charge in [-0.25, -0.2) is 14.8 Å². The second kappa shape index (κ2) is 11.8. The first-order chi connectivity index (χ1) is 19.2. The Balaban J connectivity index is 1.73. The number of carbonyl (C=O) groups is 1. The van der Waals surface area contributed by atoms with Crippen LogP contribution in [0.1, 0.15) is 38.3 Å². The van der Waals surface area contributed by atoms with E-state index in [1.54, 1.807) is 56.0 Å². The number of halogens is 3. The van der Waals surface area contributed by atoms with Crippen molar-refractivity contribution in [2.45, 2.75) is 44.0 Å². The van der Waals surface area contributed by atoms with E-state index in [1.807, 2.05) is 6.08 Å². The lowest BCUT2D eigenvalue weighted by Gasteiger charge is -2.25. The number of alkyl halides is 3. The molecule has 0 fully saturated rings. The predicted molar refractivity (Wildman–Crippen MR) is 150 cm³/mol. The number of hydrogen-bond acceptors (Lipinski definition) is 7. The Morgan fingerprint density at radius 1 is 1.05 bits per heavy atom. The number of nitrogens with one attached hydrogen (secondary N) is 2. The lowest BCUT2D eigenvalue weighted by Crippen LogP contribution is -2.38. The highest BCUT2D eigenvalue weighted by Gasteiger charge is 2.35. The van der Waals surface area contributed by atoms with Crippen LogP contribution >= 0.6 is 0 Å². The largest absolute Gasteiger partial charge is 0.444 e. The summed E-state index contributed by atoms with van der Waals surface area (Å²) in [6.07, 6.45) is -1.36. The second-order valence-corrected chi connectivity index (χ2v) is 11.9. The van der Waals surface area contributed by atoms with Crippen molar-refractivity contribution in [2.24, 2.45) is 0 Å². The van der Waals surface area contributed by atoms with Crippen LogP contribution in [0.3, 0.4) is 0 Å². The van der Waals surface area contributed by atoms with E-state index in [0.717, 1.165) is 12.1 Å². The summed E-state index contributed by atoms with van der Waals surface area (Å²) in [5, 5.41) is 2.34. The Morgan fingerprint density at radius 3 is 2.54 bits per heavy atom. The molecule has 41 heavy (non-hydrogen) atoms. The molecule has 1 aliphatic rings. The minimum Gasteiger partial charge on any atom is -0.444 e. The van der Waals surface area contributed by atoms with E-state index >= 15 is 0 Å². The number of pyridine rings is 2. The standard InChI is InChI=1S/C28H30F3N5O4S/c1-27(2,3)40-26(37)32-16-18-36-17-7-6-10-19-9-4-5-11-20(19)25-21(28(29,30)31)14-15-22(33-25)35-41(38,39)24-13-8-12-23(36)34-24/h4-6,8-15H,7,16-18H2,1-3H3,(H,32,37)(H,33,35)/b10-6+. The molecule has 1 amide bonds. The summed E-state index contributed by atoms with van der Waals surface area (Å²) in [5.41, 5.74) is -1.37. The van der Waals surface area contributed by atoms with Crippen LogP contribution in [0.4, 0.5) is 29.6 Å². The number of sulfonamides is 1. The van der Waals surface area contributed by atoms with Crippen molar-refractivity contribution in [3.8, 4) is 11.3 Å². The quantitative estimate of drug-likeness (QED) is 0.402. The minimum atomic E-state index is -4.72. The van der Waals surface area contributed by atoms with Gasteiger partial charge >= 0.3 is 12.3 Å². The number of aromatic nitrogens is 2. The molecule has 0 aliphatic carbocycles. The number of amides is 1. The van der Waals surface area contributed by atoms with Crippen LogP contribution < -0.4 is 14.9 Å². The van der Waals surface area contributed by atoms with Gasteiger partial charge in [-0.2, -0.15) is 21.6 Å². The molecule has 0 saturated carbocycles. The Bertz CT molecular complexity index is 1550. The van der Waals surface area contributed by atoms with E-state index in [1.165, 1.54) is 18.2 Å². The normalized spacial score (nSPS) is 15.9. The van der Waals surface area contributed by atoms with Gasteiger partial charge in [0.15, 0.2) is 5.03 Å². The number of carbonyl (C=O) groups excluding carboxylic acids is 1. The number of rotatable bonds is 3. The second-order valence-electron chi connectivity index (χ2n) is 10.2. The fourth-order valence-electron chi connectivity index (χ4n) is 4.12.